The van der Waals surface area contributed by atoms with E-state index in [1.807, 2.05) is 6.92 Å². The summed E-state index contributed by atoms with van der Waals surface area (Å²) in [6.07, 6.45) is -1.88. The fraction of sp³-hybridized carbons (Fsp3) is 0.600. The summed E-state index contributed by atoms with van der Waals surface area (Å²) in [7, 11) is 0. The quantitative estimate of drug-likeness (QED) is 0.811. The molecule has 0 aromatic heterocycles. The van der Waals surface area contributed by atoms with E-state index in [0.29, 0.717) is 17.9 Å². The smallest absolute Gasteiger partial charge is 0.405 e. The van der Waals surface area contributed by atoms with Crippen molar-refractivity contribution in [3.8, 4) is 5.75 Å². The van der Waals surface area contributed by atoms with Crippen LogP contribution >= 0.6 is 0 Å². The zero-order chi connectivity index (χ0) is 15.5. The summed E-state index contributed by atoms with van der Waals surface area (Å²) in [4.78, 5) is 0. The Kier molecular flexibility index (Phi) is 5.11. The summed E-state index contributed by atoms with van der Waals surface area (Å²) < 4.78 is 41.4. The van der Waals surface area contributed by atoms with Gasteiger partial charge in [-0.2, -0.15) is 0 Å². The van der Waals surface area contributed by atoms with Gasteiger partial charge in [-0.05, 0) is 38.2 Å². The first kappa shape index (κ1) is 16.1. The summed E-state index contributed by atoms with van der Waals surface area (Å²) in [5.74, 6) is 0.332. The van der Waals surface area contributed by atoms with Crippen LogP contribution < -0.4 is 10.1 Å². The highest BCUT2D eigenvalue weighted by molar-refractivity contribution is 5.35. The number of benzene rings is 1. The van der Waals surface area contributed by atoms with Gasteiger partial charge in [0, 0.05) is 24.3 Å². The normalized spacial score (nSPS) is 18.3. The lowest BCUT2D eigenvalue weighted by atomic mass is 10.0. The minimum Gasteiger partial charge on any atom is -0.405 e. The van der Waals surface area contributed by atoms with Gasteiger partial charge >= 0.3 is 6.36 Å². The summed E-state index contributed by atoms with van der Waals surface area (Å²) >= 11 is 0. The molecular weight excluding hydrogens is 283 g/mol. The highest BCUT2D eigenvalue weighted by Crippen LogP contribution is 2.36. The van der Waals surface area contributed by atoms with Gasteiger partial charge in [0.15, 0.2) is 0 Å². The van der Waals surface area contributed by atoms with Crippen LogP contribution in [0.1, 0.15) is 37.8 Å². The number of hydrogen-bond acceptors (Lipinski definition) is 3. The molecule has 1 aromatic carbocycles. The Morgan fingerprint density at radius 2 is 2.00 bits per heavy atom. The zero-order valence-corrected chi connectivity index (χ0v) is 11.9. The van der Waals surface area contributed by atoms with E-state index in [-0.39, 0.29) is 24.4 Å². The second-order valence-corrected chi connectivity index (χ2v) is 5.43. The fourth-order valence-corrected chi connectivity index (χ4v) is 2.56. The number of halogens is 3. The molecule has 0 saturated heterocycles. The first-order valence-electron chi connectivity index (χ1n) is 7.12. The molecule has 0 amide bonds. The predicted molar refractivity (Wildman–Crippen MR) is 72.9 cm³/mol. The topological polar surface area (TPSA) is 41.5 Å². The molecule has 2 N–H and O–H groups in total. The Morgan fingerprint density at radius 1 is 1.33 bits per heavy atom. The first-order chi connectivity index (χ1) is 9.90. The van der Waals surface area contributed by atoms with E-state index in [2.05, 4.69) is 10.1 Å². The van der Waals surface area contributed by atoms with Gasteiger partial charge in [0.2, 0.25) is 0 Å². The molecule has 0 heterocycles. The second-order valence-electron chi connectivity index (χ2n) is 5.43. The van der Waals surface area contributed by atoms with Crippen LogP contribution in [0.4, 0.5) is 13.2 Å². The number of hydrogen-bond donors (Lipinski definition) is 2. The summed E-state index contributed by atoms with van der Waals surface area (Å²) in [6.45, 7) is 1.88. The van der Waals surface area contributed by atoms with E-state index in [4.69, 9.17) is 5.11 Å². The highest BCUT2D eigenvalue weighted by atomic mass is 19.4. The molecule has 2 unspecified atom stereocenters. The highest BCUT2D eigenvalue weighted by Gasteiger charge is 2.34. The van der Waals surface area contributed by atoms with E-state index in [1.165, 1.54) is 12.1 Å². The largest absolute Gasteiger partial charge is 0.573 e. The van der Waals surface area contributed by atoms with Gasteiger partial charge in [0.05, 0.1) is 0 Å². The van der Waals surface area contributed by atoms with Crippen LogP contribution in [0.2, 0.25) is 0 Å². The van der Waals surface area contributed by atoms with Crippen LogP contribution in [0.3, 0.4) is 0 Å². The predicted octanol–water partition coefficient (Wildman–Crippen LogP) is 3.40. The van der Waals surface area contributed by atoms with Crippen LogP contribution in [0.5, 0.6) is 5.75 Å². The molecule has 1 aromatic rings. The number of ether oxygens (including phenoxy) is 1. The molecule has 0 bridgehead atoms. The maximum Gasteiger partial charge on any atom is 0.573 e. The lowest BCUT2D eigenvalue weighted by Gasteiger charge is -2.24. The van der Waals surface area contributed by atoms with Crippen molar-refractivity contribution in [1.29, 1.82) is 0 Å². The molecule has 0 aliphatic heterocycles. The maximum absolute atomic E-state index is 12.4. The Morgan fingerprint density at radius 3 is 2.57 bits per heavy atom. The van der Waals surface area contributed by atoms with Gasteiger partial charge in [-0.25, -0.2) is 0 Å². The van der Waals surface area contributed by atoms with Crippen molar-refractivity contribution in [2.75, 3.05) is 6.61 Å². The van der Waals surface area contributed by atoms with Gasteiger partial charge in [0.25, 0.3) is 0 Å². The third-order valence-electron chi connectivity index (χ3n) is 3.71. The Labute approximate surface area is 122 Å². The van der Waals surface area contributed by atoms with Crippen molar-refractivity contribution in [2.24, 2.45) is 5.92 Å². The molecule has 1 aliphatic rings. The molecular formula is C15H20F3NO2. The molecule has 3 nitrogen and oxygen atoms in total. The molecule has 21 heavy (non-hydrogen) atoms. The molecule has 1 fully saturated rings. The number of aliphatic hydroxyl groups excluding tert-OH is 1. The van der Waals surface area contributed by atoms with E-state index < -0.39 is 6.36 Å². The van der Waals surface area contributed by atoms with Crippen molar-refractivity contribution in [2.45, 2.75) is 44.6 Å². The van der Waals surface area contributed by atoms with Gasteiger partial charge in [-0.1, -0.05) is 18.2 Å². The number of para-hydroxylation sites is 1. The van der Waals surface area contributed by atoms with Crippen molar-refractivity contribution < 1.29 is 23.0 Å². The standard InChI is InChI=1S/C15H20F3NO2/c1-10(19-13(8-9-20)11-6-7-11)12-4-2-3-5-14(12)21-15(16,17)18/h2-5,10-11,13,19-20H,6-9H2,1H3. The Bertz CT molecular complexity index is 460. The molecule has 118 valence electrons. The summed E-state index contributed by atoms with van der Waals surface area (Å²) in [5, 5.41) is 12.4. The van der Waals surface area contributed by atoms with Crippen molar-refractivity contribution >= 4 is 0 Å². The SMILES string of the molecule is CC(NC(CCO)C1CC1)c1ccccc1OC(F)(F)F. The van der Waals surface area contributed by atoms with Crippen LogP contribution in [0.25, 0.3) is 0 Å². The molecule has 2 rings (SSSR count). The van der Waals surface area contributed by atoms with Crippen molar-refractivity contribution in [1.82, 2.24) is 5.32 Å². The van der Waals surface area contributed by atoms with Crippen LogP contribution in [-0.2, 0) is 0 Å². The Hall–Kier alpha value is -1.27. The number of nitrogens with one attached hydrogen (secondary N) is 1. The lowest BCUT2D eigenvalue weighted by molar-refractivity contribution is -0.275. The minimum absolute atomic E-state index is 0.0710. The summed E-state index contributed by atoms with van der Waals surface area (Å²) in [5.41, 5.74) is 0.471. The number of alkyl halides is 3. The van der Waals surface area contributed by atoms with Crippen molar-refractivity contribution in [3.63, 3.8) is 0 Å². The Balaban J connectivity index is 2.09. The van der Waals surface area contributed by atoms with E-state index in [1.54, 1.807) is 12.1 Å². The van der Waals surface area contributed by atoms with Gasteiger partial charge in [0.1, 0.15) is 5.75 Å². The average Bonchev–Trinajstić information content (AvgIpc) is 3.21. The van der Waals surface area contributed by atoms with E-state index >= 15 is 0 Å². The number of aliphatic hydroxyl groups is 1. The lowest BCUT2D eigenvalue weighted by Crippen LogP contribution is -2.34. The third kappa shape index (κ3) is 4.89. The fourth-order valence-electron chi connectivity index (χ4n) is 2.56. The van der Waals surface area contributed by atoms with Gasteiger partial charge in [-0.15, -0.1) is 13.2 Å². The van der Waals surface area contributed by atoms with Gasteiger partial charge in [-0.3, -0.25) is 0 Å². The molecule has 0 radical (unpaired) electrons. The monoisotopic (exact) mass is 303 g/mol. The zero-order valence-electron chi connectivity index (χ0n) is 11.9. The third-order valence-corrected chi connectivity index (χ3v) is 3.71. The molecule has 2 atom stereocenters. The maximum atomic E-state index is 12.4. The van der Waals surface area contributed by atoms with E-state index in [9.17, 15) is 13.2 Å². The summed E-state index contributed by atoms with van der Waals surface area (Å²) in [6, 6.07) is 6.00. The van der Waals surface area contributed by atoms with Crippen LogP contribution in [0.15, 0.2) is 24.3 Å². The van der Waals surface area contributed by atoms with Crippen LogP contribution in [-0.4, -0.2) is 24.1 Å². The van der Waals surface area contributed by atoms with Crippen molar-refractivity contribution in [3.05, 3.63) is 29.8 Å². The molecule has 1 aliphatic carbocycles. The van der Waals surface area contributed by atoms with E-state index in [0.717, 1.165) is 12.8 Å². The molecule has 0 spiro atoms. The van der Waals surface area contributed by atoms with Crippen LogP contribution in [0, 0.1) is 5.92 Å². The minimum atomic E-state index is -4.70. The average molecular weight is 303 g/mol. The van der Waals surface area contributed by atoms with Gasteiger partial charge < -0.3 is 15.2 Å². The second kappa shape index (κ2) is 6.66. The molecule has 6 heteroatoms. The molecule has 1 saturated carbocycles. The first-order valence-corrected chi connectivity index (χ1v) is 7.12. The number of rotatable bonds is 7.